The molecule has 3 aromatic heterocycles. The van der Waals surface area contributed by atoms with Crippen LogP contribution in [0.5, 0.6) is 0 Å². The third-order valence-electron chi connectivity index (χ3n) is 13.2. The van der Waals surface area contributed by atoms with Gasteiger partial charge in [0.1, 0.15) is 16.8 Å². The molecule has 2 aliphatic rings. The van der Waals surface area contributed by atoms with E-state index in [4.69, 9.17) is 4.42 Å². The van der Waals surface area contributed by atoms with Gasteiger partial charge in [0, 0.05) is 22.0 Å². The molecule has 0 aliphatic carbocycles. The summed E-state index contributed by atoms with van der Waals surface area (Å²) in [7, 11) is -1.86. The summed E-state index contributed by atoms with van der Waals surface area (Å²) in [6.45, 7) is 12.2. The first-order valence-electron chi connectivity index (χ1n) is 21.7. The Bertz CT molecular complexity index is 3410. The molecule has 12 rings (SSSR count). The summed E-state index contributed by atoms with van der Waals surface area (Å²) in [6.07, 6.45) is 3.62. The molecule has 5 heteroatoms. The largest absolute Gasteiger partial charge is 0.455 e. The molecule has 1 unspecified atom stereocenters. The molecule has 0 fully saturated rings. The minimum absolute atomic E-state index is 0.530. The van der Waals surface area contributed by atoms with Crippen LogP contribution >= 0.6 is 0 Å². The summed E-state index contributed by atoms with van der Waals surface area (Å²) in [5.41, 5.74) is 17.0. The van der Waals surface area contributed by atoms with Crippen molar-refractivity contribution in [2.75, 3.05) is 0 Å². The smallest absolute Gasteiger partial charge is 0.364 e. The van der Waals surface area contributed by atoms with Gasteiger partial charge in [-0.2, -0.15) is 4.57 Å². The zero-order valence-electron chi connectivity index (χ0n) is 35.3. The molecule has 294 valence electrons. The van der Waals surface area contributed by atoms with Gasteiger partial charge in [0.15, 0.2) is 22.8 Å². The Morgan fingerprint density at radius 2 is 1.30 bits per heavy atom. The molecule has 0 N–H and O–H groups in total. The fraction of sp³-hybridized carbons (Fsp3) is 0.143. The van der Waals surface area contributed by atoms with Crippen LogP contribution in [0.25, 0.3) is 83.6 Å². The fourth-order valence-corrected chi connectivity index (χ4v) is 12.4. The molecular weight excluding hydrogens is 759 g/mol. The predicted molar refractivity (Wildman–Crippen MR) is 252 cm³/mol. The van der Waals surface area contributed by atoms with Gasteiger partial charge in [-0.15, -0.1) is 9.13 Å². The lowest BCUT2D eigenvalue weighted by Crippen LogP contribution is -2.72. The molecule has 2 aliphatic heterocycles. The molecule has 1 atom stereocenters. The third-order valence-corrected chi connectivity index (χ3v) is 15.3. The second kappa shape index (κ2) is 13.1. The van der Waals surface area contributed by atoms with E-state index in [1.165, 1.54) is 60.9 Å². The average Bonchev–Trinajstić information content (AvgIpc) is 3.99. The van der Waals surface area contributed by atoms with Crippen molar-refractivity contribution in [2.45, 2.75) is 45.6 Å². The van der Waals surface area contributed by atoms with E-state index >= 15 is 0 Å². The number of nitrogens with zero attached hydrogens (tertiary/aromatic N) is 3. The van der Waals surface area contributed by atoms with E-state index in [1.807, 2.05) is 0 Å². The highest BCUT2D eigenvalue weighted by Crippen LogP contribution is 2.53. The summed E-state index contributed by atoms with van der Waals surface area (Å²) in [6, 6.07) is 62.6. The Balaban J connectivity index is 1.28. The van der Waals surface area contributed by atoms with E-state index in [9.17, 15) is 0 Å². The number of para-hydroxylation sites is 3. The number of imidazole rings is 1. The summed E-state index contributed by atoms with van der Waals surface area (Å²) >= 11 is 0. The lowest BCUT2D eigenvalue weighted by atomic mass is 9.87. The zero-order chi connectivity index (χ0) is 41.2. The molecule has 1 spiro atoms. The van der Waals surface area contributed by atoms with E-state index < -0.39 is 13.7 Å². The van der Waals surface area contributed by atoms with Gasteiger partial charge in [0.05, 0.1) is 24.8 Å². The van der Waals surface area contributed by atoms with Gasteiger partial charge >= 0.3 is 11.5 Å². The molecule has 0 saturated heterocycles. The maximum absolute atomic E-state index is 7.10. The van der Waals surface area contributed by atoms with Crippen LogP contribution in [0.1, 0.15) is 30.5 Å². The summed E-state index contributed by atoms with van der Waals surface area (Å²) in [5.74, 6) is 1.65. The molecular formula is C56H47N3OSi+2. The Hall–Kier alpha value is -6.82. The normalized spacial score (nSPS) is 15.2. The van der Waals surface area contributed by atoms with Crippen LogP contribution in [0.2, 0.25) is 19.6 Å². The Labute approximate surface area is 357 Å². The Morgan fingerprint density at radius 3 is 2.05 bits per heavy atom. The van der Waals surface area contributed by atoms with Crippen molar-refractivity contribution in [1.29, 1.82) is 0 Å². The highest BCUT2D eigenvalue weighted by molar-refractivity contribution is 6.89. The van der Waals surface area contributed by atoms with Crippen molar-refractivity contribution in [3.63, 3.8) is 0 Å². The number of hydrogen-bond donors (Lipinski definition) is 0. The lowest BCUT2D eigenvalue weighted by Gasteiger charge is -2.24. The molecule has 10 aromatic rings. The molecule has 5 heterocycles. The van der Waals surface area contributed by atoms with Crippen molar-refractivity contribution in [1.82, 2.24) is 4.57 Å². The minimum Gasteiger partial charge on any atom is -0.455 e. The van der Waals surface area contributed by atoms with E-state index in [2.05, 4.69) is 223 Å². The first-order valence-corrected chi connectivity index (χ1v) is 25.2. The van der Waals surface area contributed by atoms with Crippen LogP contribution in [-0.2, 0) is 12.1 Å². The van der Waals surface area contributed by atoms with Gasteiger partial charge in [0.25, 0.3) is 0 Å². The second-order valence-corrected chi connectivity index (χ2v) is 23.5. The quantitative estimate of drug-likeness (QED) is 0.121. The van der Waals surface area contributed by atoms with Crippen molar-refractivity contribution in [3.05, 3.63) is 193 Å². The first-order chi connectivity index (χ1) is 29.7. The molecule has 0 amide bonds. The molecule has 61 heavy (non-hydrogen) atoms. The van der Waals surface area contributed by atoms with E-state index in [1.54, 1.807) is 0 Å². The van der Waals surface area contributed by atoms with E-state index in [0.29, 0.717) is 5.92 Å². The molecule has 0 saturated carbocycles. The first kappa shape index (κ1) is 36.1. The van der Waals surface area contributed by atoms with Gasteiger partial charge in [-0.3, -0.25) is 0 Å². The summed E-state index contributed by atoms with van der Waals surface area (Å²) in [5, 5.41) is 3.78. The van der Waals surface area contributed by atoms with Crippen molar-refractivity contribution in [3.8, 4) is 50.6 Å². The second-order valence-electron chi connectivity index (χ2n) is 18.5. The van der Waals surface area contributed by atoms with Crippen LogP contribution < -0.4 is 14.3 Å². The van der Waals surface area contributed by atoms with Crippen LogP contribution in [0, 0.1) is 5.92 Å². The number of rotatable bonds is 6. The summed E-state index contributed by atoms with van der Waals surface area (Å²) < 4.78 is 14.9. The number of fused-ring (bicyclic) bond motifs is 16. The van der Waals surface area contributed by atoms with Crippen molar-refractivity contribution in [2.24, 2.45) is 5.92 Å². The van der Waals surface area contributed by atoms with Crippen LogP contribution in [0.4, 0.5) is 0 Å². The number of pyridine rings is 1. The summed E-state index contributed by atoms with van der Waals surface area (Å²) in [4.78, 5) is 0. The van der Waals surface area contributed by atoms with Gasteiger partial charge in [-0.1, -0.05) is 143 Å². The van der Waals surface area contributed by atoms with Gasteiger partial charge in [-0.05, 0) is 94.8 Å². The maximum Gasteiger partial charge on any atom is 0.364 e. The molecule has 4 nitrogen and oxygen atoms in total. The third kappa shape index (κ3) is 5.10. The van der Waals surface area contributed by atoms with Crippen LogP contribution in [0.3, 0.4) is 0 Å². The Kier molecular flexibility index (Phi) is 7.74. The van der Waals surface area contributed by atoms with Crippen LogP contribution in [0.15, 0.2) is 180 Å². The molecule has 0 radical (unpaired) electrons. The number of benzene rings is 7. The maximum atomic E-state index is 7.10. The SMILES string of the molecule is CC(C)Cc1cc2[n+](cc1[Si](C)(C)C)C1(c3ccc(-c4ccccc4)cc3-2)c2ccc3c(oc4ccccc43)c2-c2n(-c3cccc(-c4ccccc4)c3)c3ccccc3[n+]21. The van der Waals surface area contributed by atoms with E-state index in [0.717, 1.165) is 51.0 Å². The minimum atomic E-state index is -1.86. The predicted octanol–water partition coefficient (Wildman–Crippen LogP) is 12.4. The number of aromatic nitrogens is 3. The van der Waals surface area contributed by atoms with Gasteiger partial charge in [-0.25, -0.2) is 0 Å². The zero-order valence-corrected chi connectivity index (χ0v) is 36.3. The van der Waals surface area contributed by atoms with Gasteiger partial charge in [0.2, 0.25) is 5.69 Å². The number of furan rings is 1. The van der Waals surface area contributed by atoms with Crippen molar-refractivity contribution >= 4 is 46.2 Å². The van der Waals surface area contributed by atoms with E-state index in [-0.39, 0.29) is 0 Å². The fourth-order valence-electron chi connectivity index (χ4n) is 10.7. The lowest BCUT2D eigenvalue weighted by molar-refractivity contribution is -0.944. The van der Waals surface area contributed by atoms with Gasteiger partial charge < -0.3 is 4.42 Å². The Morgan fingerprint density at radius 1 is 0.623 bits per heavy atom. The van der Waals surface area contributed by atoms with Crippen LogP contribution in [-0.4, -0.2) is 12.6 Å². The standard InChI is InChI=1S/C56H47N3OSi/c1-36(2)31-41-34-50-45-33-40(38-19-10-7-11-20-38)27-29-46(45)56(57(50)35-52(41)61(3,4)5)47-30-28-44-43-23-12-15-26-51(43)60-54(44)53(47)55-58(48-24-13-14-25-49(48)59(55)56)42-22-16-21-39(32-42)37-17-8-6-9-18-37/h6-30,32-36H,31H2,1-5H3/q+2. The number of hydrogen-bond acceptors (Lipinski definition) is 1. The molecule has 0 bridgehead atoms. The highest BCUT2D eigenvalue weighted by Gasteiger charge is 2.67. The monoisotopic (exact) mass is 805 g/mol. The molecule has 7 aromatic carbocycles. The topological polar surface area (TPSA) is 25.8 Å². The van der Waals surface area contributed by atoms with Crippen molar-refractivity contribution < 1.29 is 13.6 Å². The highest BCUT2D eigenvalue weighted by atomic mass is 28.3. The average molecular weight is 806 g/mol.